The van der Waals surface area contributed by atoms with Crippen molar-refractivity contribution in [3.8, 4) is 11.5 Å². The number of H-pyrrole nitrogens is 1. The second-order valence-electron chi connectivity index (χ2n) is 2.83. The minimum Gasteiger partial charge on any atom is -0.335 e. The molecule has 0 unspecified atom stereocenters. The predicted octanol–water partition coefficient (Wildman–Crippen LogP) is 2.08. The van der Waals surface area contributed by atoms with Gasteiger partial charge in [0.1, 0.15) is 5.69 Å². The summed E-state index contributed by atoms with van der Waals surface area (Å²) >= 11 is 1.55. The molecule has 0 fully saturated rings. The van der Waals surface area contributed by atoms with Gasteiger partial charge in [-0.1, -0.05) is 0 Å². The van der Waals surface area contributed by atoms with Gasteiger partial charge in [0.05, 0.1) is 11.0 Å². The molecule has 0 aliphatic heterocycles. The summed E-state index contributed by atoms with van der Waals surface area (Å²) in [6.07, 6.45) is 1.73. The number of imidazole rings is 1. The number of aromatic nitrogens is 4. The van der Waals surface area contributed by atoms with E-state index in [9.17, 15) is 0 Å². The Morgan fingerprint density at radius 3 is 3.07 bits per heavy atom. The molecule has 0 bridgehead atoms. The highest BCUT2D eigenvalue weighted by atomic mass is 32.1. The van der Waals surface area contributed by atoms with Crippen LogP contribution in [0.5, 0.6) is 0 Å². The molecule has 0 aliphatic rings. The first-order chi connectivity index (χ1) is 6.93. The highest BCUT2D eigenvalue weighted by Crippen LogP contribution is 2.18. The smallest absolute Gasteiger partial charge is 0.178 e. The third-order valence-electron chi connectivity index (χ3n) is 1.93. The Hall–Kier alpha value is -1.75. The van der Waals surface area contributed by atoms with Crippen molar-refractivity contribution in [3.63, 3.8) is 0 Å². The van der Waals surface area contributed by atoms with Gasteiger partial charge in [-0.15, -0.1) is 11.3 Å². The van der Waals surface area contributed by atoms with Crippen LogP contribution >= 0.6 is 11.3 Å². The van der Waals surface area contributed by atoms with E-state index in [1.54, 1.807) is 23.0 Å². The van der Waals surface area contributed by atoms with E-state index in [2.05, 4.69) is 19.9 Å². The minimum absolute atomic E-state index is 0.732. The SMILES string of the molecule is c1cnc2nc(-c3cscn3)[nH]c2c1. The van der Waals surface area contributed by atoms with Crippen molar-refractivity contribution < 1.29 is 0 Å². The van der Waals surface area contributed by atoms with Crippen LogP contribution in [0.1, 0.15) is 0 Å². The maximum Gasteiger partial charge on any atom is 0.178 e. The molecule has 3 aromatic rings. The van der Waals surface area contributed by atoms with E-state index < -0.39 is 0 Å². The zero-order chi connectivity index (χ0) is 9.38. The van der Waals surface area contributed by atoms with Crippen LogP contribution in [0, 0.1) is 0 Å². The van der Waals surface area contributed by atoms with Crippen LogP contribution in [0.4, 0.5) is 0 Å². The fraction of sp³-hybridized carbons (Fsp3) is 0. The summed E-state index contributed by atoms with van der Waals surface area (Å²) in [4.78, 5) is 15.8. The second-order valence-corrected chi connectivity index (χ2v) is 3.55. The van der Waals surface area contributed by atoms with Gasteiger partial charge in [0, 0.05) is 11.6 Å². The third kappa shape index (κ3) is 1.10. The van der Waals surface area contributed by atoms with Crippen molar-refractivity contribution in [1.29, 1.82) is 0 Å². The van der Waals surface area contributed by atoms with Crippen LogP contribution in [0.15, 0.2) is 29.2 Å². The van der Waals surface area contributed by atoms with Crippen LogP contribution < -0.4 is 0 Å². The summed E-state index contributed by atoms with van der Waals surface area (Å²) < 4.78 is 0. The molecule has 0 radical (unpaired) electrons. The van der Waals surface area contributed by atoms with Gasteiger partial charge in [0.2, 0.25) is 0 Å². The van der Waals surface area contributed by atoms with Crippen LogP contribution in [0.2, 0.25) is 0 Å². The lowest BCUT2D eigenvalue weighted by atomic mass is 10.4. The number of aromatic amines is 1. The van der Waals surface area contributed by atoms with Gasteiger partial charge >= 0.3 is 0 Å². The monoisotopic (exact) mass is 202 g/mol. The number of rotatable bonds is 1. The molecule has 68 valence electrons. The van der Waals surface area contributed by atoms with Crippen molar-refractivity contribution >= 4 is 22.5 Å². The van der Waals surface area contributed by atoms with Gasteiger partial charge in [-0.25, -0.2) is 15.0 Å². The largest absolute Gasteiger partial charge is 0.335 e. The molecule has 0 saturated carbocycles. The Balaban J connectivity index is 2.24. The first-order valence-electron chi connectivity index (χ1n) is 4.13. The molecule has 0 amide bonds. The lowest BCUT2D eigenvalue weighted by Crippen LogP contribution is -1.78. The summed E-state index contributed by atoms with van der Waals surface area (Å²) in [6, 6.07) is 3.83. The molecule has 0 spiro atoms. The Kier molecular flexibility index (Phi) is 1.57. The van der Waals surface area contributed by atoms with E-state index in [4.69, 9.17) is 0 Å². The maximum atomic E-state index is 4.33. The van der Waals surface area contributed by atoms with E-state index in [-0.39, 0.29) is 0 Å². The van der Waals surface area contributed by atoms with Gasteiger partial charge in [0.25, 0.3) is 0 Å². The summed E-state index contributed by atoms with van der Waals surface area (Å²) in [5, 5.41) is 1.96. The summed E-state index contributed by atoms with van der Waals surface area (Å²) in [7, 11) is 0. The van der Waals surface area contributed by atoms with Crippen LogP contribution in [0.25, 0.3) is 22.7 Å². The van der Waals surface area contributed by atoms with Crippen LogP contribution in [0.3, 0.4) is 0 Å². The van der Waals surface area contributed by atoms with Crippen molar-refractivity contribution in [3.05, 3.63) is 29.2 Å². The standard InChI is InChI=1S/C9H6N4S/c1-2-6-8(10-3-1)13-9(12-6)7-4-14-5-11-7/h1-5H,(H,10,12,13). The Labute approximate surface area is 83.7 Å². The molecular weight excluding hydrogens is 196 g/mol. The molecule has 14 heavy (non-hydrogen) atoms. The fourth-order valence-electron chi connectivity index (χ4n) is 1.30. The van der Waals surface area contributed by atoms with E-state index in [0.717, 1.165) is 22.7 Å². The van der Waals surface area contributed by atoms with Gasteiger partial charge in [-0.2, -0.15) is 0 Å². The Bertz CT molecular complexity index is 522. The van der Waals surface area contributed by atoms with Gasteiger partial charge in [-0.05, 0) is 12.1 Å². The topological polar surface area (TPSA) is 54.5 Å². The lowest BCUT2D eigenvalue weighted by Gasteiger charge is -1.84. The maximum absolute atomic E-state index is 4.33. The van der Waals surface area contributed by atoms with Crippen LogP contribution in [-0.2, 0) is 0 Å². The summed E-state index contributed by atoms with van der Waals surface area (Å²) in [5.41, 5.74) is 4.33. The van der Waals surface area contributed by atoms with Crippen LogP contribution in [-0.4, -0.2) is 19.9 Å². The number of hydrogen-bond donors (Lipinski definition) is 1. The Morgan fingerprint density at radius 2 is 2.29 bits per heavy atom. The number of fused-ring (bicyclic) bond motifs is 1. The number of thiazole rings is 1. The van der Waals surface area contributed by atoms with Gasteiger partial charge in [-0.3, -0.25) is 0 Å². The number of pyridine rings is 1. The highest BCUT2D eigenvalue weighted by Gasteiger charge is 2.06. The molecule has 1 N–H and O–H groups in total. The number of nitrogens with one attached hydrogen (secondary N) is 1. The molecule has 3 aromatic heterocycles. The Morgan fingerprint density at radius 1 is 1.29 bits per heavy atom. The molecule has 3 rings (SSSR count). The molecule has 4 nitrogen and oxygen atoms in total. The quantitative estimate of drug-likeness (QED) is 0.657. The van der Waals surface area contributed by atoms with E-state index in [1.807, 2.05) is 17.5 Å². The summed E-state index contributed by atoms with van der Waals surface area (Å²) in [6.45, 7) is 0. The van der Waals surface area contributed by atoms with Crippen molar-refractivity contribution in [2.24, 2.45) is 0 Å². The van der Waals surface area contributed by atoms with Gasteiger partial charge in [0.15, 0.2) is 11.5 Å². The first kappa shape index (κ1) is 7.64. The van der Waals surface area contributed by atoms with Crippen molar-refractivity contribution in [1.82, 2.24) is 19.9 Å². The van der Waals surface area contributed by atoms with Crippen molar-refractivity contribution in [2.75, 3.05) is 0 Å². The molecule has 3 heterocycles. The van der Waals surface area contributed by atoms with E-state index in [0.29, 0.717) is 0 Å². The second kappa shape index (κ2) is 2.88. The zero-order valence-corrected chi connectivity index (χ0v) is 7.95. The molecule has 5 heteroatoms. The van der Waals surface area contributed by atoms with E-state index >= 15 is 0 Å². The highest BCUT2D eigenvalue weighted by molar-refractivity contribution is 7.07. The van der Waals surface area contributed by atoms with Gasteiger partial charge < -0.3 is 4.98 Å². The lowest BCUT2D eigenvalue weighted by molar-refractivity contribution is 1.26. The fourth-order valence-corrected chi connectivity index (χ4v) is 1.83. The number of hydrogen-bond acceptors (Lipinski definition) is 4. The average Bonchev–Trinajstić information content (AvgIpc) is 2.86. The summed E-state index contributed by atoms with van der Waals surface area (Å²) in [5.74, 6) is 0.778. The number of nitrogens with zero attached hydrogens (tertiary/aromatic N) is 3. The molecule has 0 aromatic carbocycles. The molecule has 0 saturated heterocycles. The third-order valence-corrected chi connectivity index (χ3v) is 2.52. The molecule has 0 atom stereocenters. The zero-order valence-electron chi connectivity index (χ0n) is 7.14. The van der Waals surface area contributed by atoms with E-state index in [1.165, 1.54) is 0 Å². The molecule has 0 aliphatic carbocycles. The average molecular weight is 202 g/mol. The van der Waals surface area contributed by atoms with Crippen molar-refractivity contribution in [2.45, 2.75) is 0 Å². The minimum atomic E-state index is 0.732. The first-order valence-corrected chi connectivity index (χ1v) is 5.07. The normalized spacial score (nSPS) is 10.9. The predicted molar refractivity (Wildman–Crippen MR) is 55.0 cm³/mol. The molecular formula is C9H6N4S.